The van der Waals surface area contributed by atoms with E-state index in [1.165, 1.54) is 0 Å². The highest BCUT2D eigenvalue weighted by molar-refractivity contribution is 6.35. The molecule has 3 heterocycles. The summed E-state index contributed by atoms with van der Waals surface area (Å²) in [5.74, 6) is 0.769. The number of hydrogen-bond acceptors (Lipinski definition) is 5. The van der Waals surface area contributed by atoms with Crippen molar-refractivity contribution in [2.24, 2.45) is 0 Å². The van der Waals surface area contributed by atoms with Gasteiger partial charge < -0.3 is 11.1 Å². The summed E-state index contributed by atoms with van der Waals surface area (Å²) in [5.41, 5.74) is 10.5. The van der Waals surface area contributed by atoms with Gasteiger partial charge in [0.1, 0.15) is 0 Å². The number of hydrogen-bond donors (Lipinski definition) is 3. The zero-order chi connectivity index (χ0) is 20.7. The number of halogens is 2. The number of aromatic amines is 2. The van der Waals surface area contributed by atoms with Crippen molar-refractivity contribution < 1.29 is 4.98 Å². The van der Waals surface area contributed by atoms with Gasteiger partial charge in [-0.15, -0.1) is 0 Å². The minimum Gasteiger partial charge on any atom is -0.363 e. The Morgan fingerprint density at radius 2 is 1.83 bits per heavy atom. The fourth-order valence-electron chi connectivity index (χ4n) is 3.43. The molecule has 0 aliphatic heterocycles. The summed E-state index contributed by atoms with van der Waals surface area (Å²) in [4.78, 5) is 19.5. The zero-order valence-electron chi connectivity index (χ0n) is 15.6. The summed E-state index contributed by atoms with van der Waals surface area (Å²) >= 11 is 12.9. The maximum absolute atomic E-state index is 6.48. The number of pyridine rings is 1. The van der Waals surface area contributed by atoms with Gasteiger partial charge in [-0.1, -0.05) is 58.5 Å². The topological polar surface area (TPSA) is 107 Å². The summed E-state index contributed by atoms with van der Waals surface area (Å²) in [6.45, 7) is 0.445. The highest BCUT2D eigenvalue weighted by Gasteiger charge is 2.17. The van der Waals surface area contributed by atoms with Gasteiger partial charge in [0.2, 0.25) is 5.52 Å². The van der Waals surface area contributed by atoms with E-state index < -0.39 is 0 Å². The standard InChI is InChI=1S/C21H15Cl2N7/c22-14-6-2-1-5-13(14)16-12(8-11-4-3-7-15(23)17(11)28-16)9-25-19-18-20(27-10-26-18)30-21(24)29-19/h1-8,10H,9H2,(H4,24,25,26,27,29,30)/p+1. The number of nitrogens with two attached hydrogens (primary N) is 1. The van der Waals surface area contributed by atoms with E-state index in [2.05, 4.69) is 31.3 Å². The van der Waals surface area contributed by atoms with Gasteiger partial charge in [0.05, 0.1) is 16.2 Å². The van der Waals surface area contributed by atoms with E-state index in [-0.39, 0.29) is 5.95 Å². The second-order valence-electron chi connectivity index (χ2n) is 6.73. The van der Waals surface area contributed by atoms with Crippen molar-refractivity contribution in [1.82, 2.24) is 19.9 Å². The minimum atomic E-state index is 0.176. The minimum absolute atomic E-state index is 0.176. The van der Waals surface area contributed by atoms with Crippen molar-refractivity contribution in [3.8, 4) is 11.3 Å². The maximum atomic E-state index is 6.48. The number of anilines is 2. The van der Waals surface area contributed by atoms with Gasteiger partial charge in [-0.2, -0.15) is 4.98 Å². The number of imidazole rings is 1. The first-order valence-electron chi connectivity index (χ1n) is 9.19. The van der Waals surface area contributed by atoms with Crippen LogP contribution in [0.5, 0.6) is 0 Å². The van der Waals surface area contributed by atoms with E-state index in [9.17, 15) is 0 Å². The number of benzene rings is 2. The molecular formula is C21H16Cl2N7+. The molecule has 2 aromatic carbocycles. The third-order valence-electron chi connectivity index (χ3n) is 4.80. The average molecular weight is 437 g/mol. The molecule has 5 aromatic rings. The van der Waals surface area contributed by atoms with Gasteiger partial charge in [0.15, 0.2) is 12.1 Å². The van der Waals surface area contributed by atoms with Crippen molar-refractivity contribution in [2.45, 2.75) is 6.54 Å². The molecule has 5 rings (SSSR count). The second kappa shape index (κ2) is 7.44. The average Bonchev–Trinajstić information content (AvgIpc) is 3.21. The molecule has 0 radical (unpaired) electrons. The van der Waals surface area contributed by atoms with Crippen LogP contribution in [0.15, 0.2) is 54.9 Å². The van der Waals surface area contributed by atoms with Gasteiger partial charge in [-0.25, -0.2) is 9.97 Å². The number of nitrogen functional groups attached to an aromatic ring is 1. The van der Waals surface area contributed by atoms with Crippen molar-refractivity contribution in [2.75, 3.05) is 11.1 Å². The summed E-state index contributed by atoms with van der Waals surface area (Å²) in [6, 6.07) is 15.4. The number of H-pyrrole nitrogens is 2. The molecule has 0 atom stereocenters. The van der Waals surface area contributed by atoms with Gasteiger partial charge in [0, 0.05) is 22.5 Å². The summed E-state index contributed by atoms with van der Waals surface area (Å²) in [6.07, 6.45) is 1.68. The first-order chi connectivity index (χ1) is 14.6. The molecule has 0 aliphatic carbocycles. The Morgan fingerprint density at radius 3 is 2.70 bits per heavy atom. The van der Waals surface area contributed by atoms with Crippen molar-refractivity contribution >= 4 is 57.0 Å². The Hall–Kier alpha value is -3.42. The van der Waals surface area contributed by atoms with Crippen LogP contribution in [0.1, 0.15) is 5.56 Å². The normalized spacial score (nSPS) is 11.3. The van der Waals surface area contributed by atoms with E-state index >= 15 is 0 Å². The first-order valence-corrected chi connectivity index (χ1v) is 9.95. The molecule has 0 spiro atoms. The predicted octanol–water partition coefficient (Wildman–Crippen LogP) is 4.49. The molecule has 0 aliphatic rings. The van der Waals surface area contributed by atoms with E-state index in [4.69, 9.17) is 33.9 Å². The summed E-state index contributed by atoms with van der Waals surface area (Å²) < 4.78 is 0. The lowest BCUT2D eigenvalue weighted by Crippen LogP contribution is -2.09. The Balaban J connectivity index is 1.63. The van der Waals surface area contributed by atoms with Crippen molar-refractivity contribution in [3.63, 3.8) is 0 Å². The lowest BCUT2D eigenvalue weighted by atomic mass is 10.0. The van der Waals surface area contributed by atoms with Crippen molar-refractivity contribution in [3.05, 3.63) is 70.5 Å². The van der Waals surface area contributed by atoms with Crippen molar-refractivity contribution in [1.29, 1.82) is 0 Å². The van der Waals surface area contributed by atoms with Gasteiger partial charge in [0.25, 0.3) is 5.95 Å². The highest BCUT2D eigenvalue weighted by Crippen LogP contribution is 2.33. The van der Waals surface area contributed by atoms with E-state index in [0.29, 0.717) is 28.1 Å². The highest BCUT2D eigenvalue weighted by atomic mass is 35.5. The van der Waals surface area contributed by atoms with Gasteiger partial charge >= 0.3 is 5.65 Å². The SMILES string of the molecule is Nc1nc(NCc2cc3cccc(Cl)c3nc2-c2ccccc2Cl)c2[nH]c[nH+]c2n1. The molecule has 30 heavy (non-hydrogen) atoms. The lowest BCUT2D eigenvalue weighted by Gasteiger charge is -2.14. The molecule has 0 amide bonds. The Bertz CT molecular complexity index is 1400. The fraction of sp³-hybridized carbons (Fsp3) is 0.0476. The predicted molar refractivity (Wildman–Crippen MR) is 119 cm³/mol. The number of nitrogens with one attached hydrogen (secondary N) is 3. The maximum Gasteiger partial charge on any atom is 0.307 e. The molecule has 0 fully saturated rings. The first kappa shape index (κ1) is 18.6. The number of rotatable bonds is 4. The molecule has 7 nitrogen and oxygen atoms in total. The molecule has 9 heteroatoms. The third kappa shape index (κ3) is 3.28. The molecule has 0 bridgehead atoms. The van der Waals surface area contributed by atoms with Crippen LogP contribution in [-0.2, 0) is 6.54 Å². The number of para-hydroxylation sites is 1. The van der Waals surface area contributed by atoms with Crippen LogP contribution in [-0.4, -0.2) is 19.9 Å². The molecule has 0 unspecified atom stereocenters. The van der Waals surface area contributed by atoms with Crippen LogP contribution in [0.25, 0.3) is 33.3 Å². The van der Waals surface area contributed by atoms with Crippen LogP contribution in [0.3, 0.4) is 0 Å². The number of nitrogens with zero attached hydrogens (tertiary/aromatic N) is 3. The van der Waals surface area contributed by atoms with Crippen LogP contribution in [0.2, 0.25) is 10.0 Å². The zero-order valence-corrected chi connectivity index (χ0v) is 17.1. The number of fused-ring (bicyclic) bond motifs is 2. The summed E-state index contributed by atoms with van der Waals surface area (Å²) in [5, 5.41) is 5.49. The quantitative estimate of drug-likeness (QED) is 0.384. The van der Waals surface area contributed by atoms with Gasteiger partial charge in [-0.3, -0.25) is 4.98 Å². The smallest absolute Gasteiger partial charge is 0.307 e. The van der Waals surface area contributed by atoms with Crippen LogP contribution in [0, 0.1) is 0 Å². The molecular weight excluding hydrogens is 421 g/mol. The van der Waals surface area contributed by atoms with Crippen LogP contribution >= 0.6 is 23.2 Å². The van der Waals surface area contributed by atoms with E-state index in [1.807, 2.05) is 42.5 Å². The van der Waals surface area contributed by atoms with E-state index in [1.54, 1.807) is 6.33 Å². The molecule has 0 saturated heterocycles. The molecule has 3 aromatic heterocycles. The summed E-state index contributed by atoms with van der Waals surface area (Å²) in [7, 11) is 0. The Morgan fingerprint density at radius 1 is 1.00 bits per heavy atom. The Kier molecular flexibility index (Phi) is 4.61. The third-order valence-corrected chi connectivity index (χ3v) is 5.44. The molecule has 148 valence electrons. The van der Waals surface area contributed by atoms with Crippen LogP contribution < -0.4 is 16.0 Å². The largest absolute Gasteiger partial charge is 0.363 e. The second-order valence-corrected chi connectivity index (χ2v) is 7.54. The van der Waals surface area contributed by atoms with Crippen LogP contribution in [0.4, 0.5) is 11.8 Å². The fourth-order valence-corrected chi connectivity index (χ4v) is 3.88. The van der Waals surface area contributed by atoms with E-state index in [0.717, 1.165) is 33.2 Å². The molecule has 5 N–H and O–H groups in total. The lowest BCUT2D eigenvalue weighted by molar-refractivity contribution is -0.347. The monoisotopic (exact) mass is 436 g/mol. The number of aromatic nitrogens is 5. The Labute approximate surface area is 181 Å². The molecule has 0 saturated carbocycles. The van der Waals surface area contributed by atoms with Gasteiger partial charge in [-0.05, 0) is 23.8 Å².